The highest BCUT2D eigenvalue weighted by Crippen LogP contribution is 2.45. The van der Waals surface area contributed by atoms with Crippen molar-refractivity contribution in [2.75, 3.05) is 6.23 Å². The van der Waals surface area contributed by atoms with Gasteiger partial charge >= 0.3 is 0 Å². The second-order valence-corrected chi connectivity index (χ2v) is 39.4. The Morgan fingerprint density at radius 2 is 1.28 bits per heavy atom. The van der Waals surface area contributed by atoms with Crippen molar-refractivity contribution in [2.45, 2.75) is 77.8 Å². The summed E-state index contributed by atoms with van der Waals surface area (Å²) < 4.78 is 6.42. The van der Waals surface area contributed by atoms with E-state index in [9.17, 15) is 0 Å². The van der Waals surface area contributed by atoms with Gasteiger partial charge in [-0.1, -0.05) is 77.8 Å². The van der Waals surface area contributed by atoms with Crippen molar-refractivity contribution in [3.8, 4) is 0 Å². The molecule has 1 fully saturated rings. The molecular weight excluding hydrogens is 284 g/mol. The topological polar surface area (TPSA) is 9.23 Å². The molecule has 5 heteroatoms. The molecule has 0 aromatic rings. The predicted octanol–water partition coefficient (Wildman–Crippen LogP) is 3.76. The lowest BCUT2D eigenvalue weighted by Crippen LogP contribution is -2.83. The van der Waals surface area contributed by atoms with Gasteiger partial charge in [0, 0.05) is 13.3 Å². The number of rotatable bonds is 6. The highest BCUT2D eigenvalue weighted by atomic mass is 29.8. The average molecular weight is 319 g/mol. The summed E-state index contributed by atoms with van der Waals surface area (Å²) in [6.45, 7) is 15.2. The summed E-state index contributed by atoms with van der Waals surface area (Å²) in [5.74, 6) is 0. The first-order chi connectivity index (χ1) is 8.57. The van der Waals surface area contributed by atoms with Crippen LogP contribution in [0.1, 0.15) is 41.5 Å². The third-order valence-corrected chi connectivity index (χ3v) is 67.2. The van der Waals surface area contributed by atoms with Crippen LogP contribution in [0.4, 0.5) is 0 Å². The Morgan fingerprint density at radius 3 is 1.61 bits per heavy atom. The Bertz CT molecular complexity index is 236. The van der Waals surface area contributed by atoms with Crippen LogP contribution in [0.15, 0.2) is 0 Å². The maximum atomic E-state index is 6.42. The summed E-state index contributed by atoms with van der Waals surface area (Å²) in [5, 5.41) is 0. The van der Waals surface area contributed by atoms with E-state index in [1.807, 2.05) is 0 Å². The zero-order chi connectivity index (χ0) is 13.9. The molecule has 1 nitrogen and oxygen atoms in total. The molecule has 108 valence electrons. The van der Waals surface area contributed by atoms with E-state index in [0.717, 1.165) is 0 Å². The van der Waals surface area contributed by atoms with Gasteiger partial charge in [-0.05, 0) is 0 Å². The lowest BCUT2D eigenvalue weighted by Gasteiger charge is -2.60. The molecule has 1 saturated heterocycles. The van der Waals surface area contributed by atoms with Gasteiger partial charge in [0.15, 0.2) is 0 Å². The molecular formula is C13H34OSi4. The van der Waals surface area contributed by atoms with Crippen LogP contribution in [-0.4, -0.2) is 37.3 Å². The summed E-state index contributed by atoms with van der Waals surface area (Å²) in [6, 6.07) is 9.33. The molecule has 0 spiro atoms. The molecule has 0 atom stereocenters. The van der Waals surface area contributed by atoms with Crippen LogP contribution in [-0.2, 0) is 4.43 Å². The summed E-state index contributed by atoms with van der Waals surface area (Å²) in [7, 11) is -3.18. The third kappa shape index (κ3) is 2.10. The largest absolute Gasteiger partial charge is 0.431 e. The molecule has 0 radical (unpaired) electrons. The molecule has 0 aliphatic carbocycles. The molecule has 0 N–H and O–H groups in total. The summed E-state index contributed by atoms with van der Waals surface area (Å²) in [6.07, 6.45) is 1.27. The van der Waals surface area contributed by atoms with Gasteiger partial charge in [0.05, 0.1) is 14.7 Å². The van der Waals surface area contributed by atoms with Gasteiger partial charge in [0.2, 0.25) is 0 Å². The lowest BCUT2D eigenvalue weighted by atomic mass is 10.9. The van der Waals surface area contributed by atoms with Gasteiger partial charge in [-0.2, -0.15) is 0 Å². The average Bonchev–Trinajstić information content (AvgIpc) is 2.45. The van der Waals surface area contributed by atoms with Crippen molar-refractivity contribution in [2.24, 2.45) is 0 Å². The van der Waals surface area contributed by atoms with E-state index in [0.29, 0.717) is 0 Å². The van der Waals surface area contributed by atoms with Gasteiger partial charge in [-0.25, -0.2) is 0 Å². The van der Waals surface area contributed by atoms with Gasteiger partial charge in [0.25, 0.3) is 0 Å². The quantitative estimate of drug-likeness (QED) is 0.678. The first kappa shape index (κ1) is 16.9. The fraction of sp³-hybridized carbons (Fsp3) is 1.00. The van der Waals surface area contributed by atoms with E-state index in [-0.39, 0.29) is 9.28 Å². The van der Waals surface area contributed by atoms with E-state index in [4.69, 9.17) is 4.43 Å². The lowest BCUT2D eigenvalue weighted by molar-refractivity contribution is 0.409. The standard InChI is InChI=1S/C13H34OSi4/c1-7-16(8-2)13-14-15-17(9-3,10-4)18(16,11-5)12-6/h7-13,15H2,1-6H3. The van der Waals surface area contributed by atoms with E-state index in [1.54, 1.807) is 24.2 Å². The number of hydrogen-bond acceptors (Lipinski definition) is 1. The van der Waals surface area contributed by atoms with Crippen molar-refractivity contribution in [1.29, 1.82) is 0 Å². The van der Waals surface area contributed by atoms with Gasteiger partial charge in [0.1, 0.15) is 9.28 Å². The maximum Gasteiger partial charge on any atom is 0.147 e. The second-order valence-electron chi connectivity index (χ2n) is 6.26. The van der Waals surface area contributed by atoms with Crippen LogP contribution < -0.4 is 0 Å². The molecule has 0 unspecified atom stereocenters. The molecule has 0 bridgehead atoms. The predicted molar refractivity (Wildman–Crippen MR) is 94.6 cm³/mol. The molecule has 18 heavy (non-hydrogen) atoms. The van der Waals surface area contributed by atoms with Crippen LogP contribution in [0.2, 0.25) is 36.3 Å². The zero-order valence-corrected chi connectivity index (χ0v) is 18.0. The van der Waals surface area contributed by atoms with Crippen molar-refractivity contribution in [3.05, 3.63) is 0 Å². The zero-order valence-electron chi connectivity index (χ0n) is 13.6. The summed E-state index contributed by atoms with van der Waals surface area (Å²) in [5.41, 5.74) is 0. The first-order valence-corrected chi connectivity index (χ1v) is 20.5. The smallest absolute Gasteiger partial charge is 0.147 e. The first-order valence-electron chi connectivity index (χ1n) is 8.15. The second kappa shape index (κ2) is 6.52. The monoisotopic (exact) mass is 318 g/mol. The van der Waals surface area contributed by atoms with Gasteiger partial charge in [-0.15, -0.1) is 0 Å². The Morgan fingerprint density at radius 1 is 0.778 bits per heavy atom. The summed E-state index contributed by atoms with van der Waals surface area (Å²) >= 11 is 0. The SMILES string of the molecule is CC[Si]1(CC)CO[SiH2][Si](CC)(CC)[Si]1(CC)CC. The molecule has 0 aromatic heterocycles. The fourth-order valence-corrected chi connectivity index (χ4v) is 80.9. The van der Waals surface area contributed by atoms with E-state index in [1.165, 1.54) is 18.3 Å². The van der Waals surface area contributed by atoms with Crippen molar-refractivity contribution < 1.29 is 4.43 Å². The Hall–Kier alpha value is 0.828. The molecule has 1 rings (SSSR count). The fourth-order valence-electron chi connectivity index (χ4n) is 5.29. The van der Waals surface area contributed by atoms with Crippen LogP contribution >= 0.6 is 0 Å². The third-order valence-electron chi connectivity index (χ3n) is 6.70. The number of hydrogen-bond donors (Lipinski definition) is 0. The Kier molecular flexibility index (Phi) is 6.11. The van der Waals surface area contributed by atoms with E-state index in [2.05, 4.69) is 41.5 Å². The minimum Gasteiger partial charge on any atom is -0.431 e. The summed E-state index contributed by atoms with van der Waals surface area (Å²) in [4.78, 5) is 0. The van der Waals surface area contributed by atoms with E-state index >= 15 is 0 Å². The van der Waals surface area contributed by atoms with Crippen molar-refractivity contribution >= 4 is 31.1 Å². The minimum absolute atomic E-state index is 0.163. The van der Waals surface area contributed by atoms with Crippen LogP contribution in [0, 0.1) is 0 Å². The molecule has 0 aromatic carbocycles. The molecule has 1 aliphatic rings. The maximum absolute atomic E-state index is 6.42. The van der Waals surface area contributed by atoms with Gasteiger partial charge in [-0.3, -0.25) is 0 Å². The normalized spacial score (nSPS) is 26.3. The molecule has 0 amide bonds. The van der Waals surface area contributed by atoms with Crippen LogP contribution in [0.3, 0.4) is 0 Å². The molecule has 0 saturated carbocycles. The van der Waals surface area contributed by atoms with Gasteiger partial charge < -0.3 is 4.43 Å². The Labute approximate surface area is 119 Å². The van der Waals surface area contributed by atoms with Crippen LogP contribution in [0.5, 0.6) is 0 Å². The molecule has 1 aliphatic heterocycles. The Balaban J connectivity index is 3.37. The van der Waals surface area contributed by atoms with E-state index < -0.39 is 21.8 Å². The highest BCUT2D eigenvalue weighted by Gasteiger charge is 2.64. The van der Waals surface area contributed by atoms with Crippen molar-refractivity contribution in [3.63, 3.8) is 0 Å². The molecule has 1 heterocycles. The highest BCUT2D eigenvalue weighted by molar-refractivity contribution is 7.80. The van der Waals surface area contributed by atoms with Crippen LogP contribution in [0.25, 0.3) is 0 Å². The minimum atomic E-state index is -1.07. The van der Waals surface area contributed by atoms with Crippen molar-refractivity contribution in [1.82, 2.24) is 0 Å².